The van der Waals surface area contributed by atoms with E-state index in [1.165, 1.54) is 11.1 Å². The van der Waals surface area contributed by atoms with Crippen LogP contribution in [0.3, 0.4) is 0 Å². The molecule has 1 aliphatic rings. The third-order valence-corrected chi connectivity index (χ3v) is 3.29. The van der Waals surface area contributed by atoms with E-state index in [1.54, 1.807) is 0 Å². The molecule has 0 radical (unpaired) electrons. The first kappa shape index (κ1) is 7.38. The van der Waals surface area contributed by atoms with E-state index in [4.69, 9.17) is 11.6 Å². The van der Waals surface area contributed by atoms with E-state index in [0.29, 0.717) is 0 Å². The Morgan fingerprint density at radius 3 is 2.73 bits per heavy atom. The van der Waals surface area contributed by atoms with Crippen LogP contribution >= 0.6 is 27.5 Å². The zero-order valence-electron chi connectivity index (χ0n) is 5.77. The van der Waals surface area contributed by atoms with Crippen LogP contribution in [0.5, 0.6) is 0 Å². The fraction of sp³-hybridized carbons (Fsp3) is 0.111. The first-order chi connectivity index (χ1) is 5.29. The average molecular weight is 230 g/mol. The van der Waals surface area contributed by atoms with E-state index in [-0.39, 0.29) is 0 Å². The van der Waals surface area contributed by atoms with Crippen molar-refractivity contribution < 1.29 is 0 Å². The predicted molar refractivity (Wildman–Crippen MR) is 51.8 cm³/mol. The zero-order chi connectivity index (χ0) is 7.84. The molecule has 0 unspecified atom stereocenters. The van der Waals surface area contributed by atoms with Crippen LogP contribution in [0, 0.1) is 0 Å². The van der Waals surface area contributed by atoms with Gasteiger partial charge in [0.25, 0.3) is 0 Å². The Balaban J connectivity index is 2.60. The highest BCUT2D eigenvalue weighted by Crippen LogP contribution is 2.38. The molecule has 0 amide bonds. The number of hydrogen-bond donors (Lipinski definition) is 0. The van der Waals surface area contributed by atoms with E-state index in [9.17, 15) is 0 Å². The molecule has 56 valence electrons. The molecular weight excluding hydrogens is 223 g/mol. The Morgan fingerprint density at radius 2 is 2.00 bits per heavy atom. The number of rotatable bonds is 0. The third-order valence-electron chi connectivity index (χ3n) is 1.84. The topological polar surface area (TPSA) is 0 Å². The fourth-order valence-corrected chi connectivity index (χ4v) is 2.05. The van der Waals surface area contributed by atoms with Crippen molar-refractivity contribution in [1.29, 1.82) is 0 Å². The first-order valence-corrected chi connectivity index (χ1v) is 4.58. The standard InChI is InChI=1S/C9H6BrCl/c10-9-7-4-2-1-3-6(7)5-8(9)11/h1-4H,5H2. The highest BCUT2D eigenvalue weighted by atomic mass is 79.9. The lowest BCUT2D eigenvalue weighted by atomic mass is 10.1. The minimum Gasteiger partial charge on any atom is -0.0875 e. The normalized spacial score (nSPS) is 15.5. The lowest BCUT2D eigenvalue weighted by Crippen LogP contribution is -1.79. The number of hydrogen-bond acceptors (Lipinski definition) is 0. The molecule has 1 aromatic carbocycles. The van der Waals surface area contributed by atoms with E-state index in [1.807, 2.05) is 12.1 Å². The number of benzene rings is 1. The van der Waals surface area contributed by atoms with Gasteiger partial charge in [0.05, 0.1) is 0 Å². The summed E-state index contributed by atoms with van der Waals surface area (Å²) in [6.07, 6.45) is 0.873. The summed E-state index contributed by atoms with van der Waals surface area (Å²) in [6.45, 7) is 0. The summed E-state index contributed by atoms with van der Waals surface area (Å²) >= 11 is 9.41. The zero-order valence-corrected chi connectivity index (χ0v) is 8.11. The van der Waals surface area contributed by atoms with Crippen LogP contribution in [-0.4, -0.2) is 0 Å². The highest BCUT2D eigenvalue weighted by molar-refractivity contribution is 9.15. The van der Waals surface area contributed by atoms with Crippen LogP contribution in [0.25, 0.3) is 4.48 Å². The van der Waals surface area contributed by atoms with Gasteiger partial charge in [0.15, 0.2) is 0 Å². The van der Waals surface area contributed by atoms with Crippen molar-refractivity contribution in [3.63, 3.8) is 0 Å². The van der Waals surface area contributed by atoms with Crippen LogP contribution in [0.15, 0.2) is 29.3 Å². The summed E-state index contributed by atoms with van der Waals surface area (Å²) in [5, 5.41) is 0.909. The molecule has 0 spiro atoms. The third kappa shape index (κ3) is 1.13. The second kappa shape index (κ2) is 2.65. The Bertz CT molecular complexity index is 328. The molecule has 2 rings (SSSR count). The van der Waals surface area contributed by atoms with Crippen molar-refractivity contribution in [3.8, 4) is 0 Å². The largest absolute Gasteiger partial charge is 0.0875 e. The lowest BCUT2D eigenvalue weighted by Gasteiger charge is -1.95. The van der Waals surface area contributed by atoms with Gasteiger partial charge < -0.3 is 0 Å². The quantitative estimate of drug-likeness (QED) is 0.638. The summed E-state index contributed by atoms with van der Waals surface area (Å²) in [5.74, 6) is 0. The molecule has 0 bridgehead atoms. The minimum absolute atomic E-state index is 0.873. The van der Waals surface area contributed by atoms with E-state index >= 15 is 0 Å². The maximum absolute atomic E-state index is 5.96. The average Bonchev–Trinajstić information content (AvgIpc) is 2.30. The molecule has 0 saturated heterocycles. The van der Waals surface area contributed by atoms with Gasteiger partial charge in [-0.25, -0.2) is 0 Å². The van der Waals surface area contributed by atoms with Crippen molar-refractivity contribution in [2.75, 3.05) is 0 Å². The van der Waals surface area contributed by atoms with Crippen LogP contribution in [-0.2, 0) is 6.42 Å². The molecule has 11 heavy (non-hydrogen) atoms. The van der Waals surface area contributed by atoms with Gasteiger partial charge in [-0.05, 0) is 27.1 Å². The molecule has 0 aliphatic heterocycles. The molecule has 0 nitrogen and oxygen atoms in total. The van der Waals surface area contributed by atoms with Gasteiger partial charge in [-0.3, -0.25) is 0 Å². The van der Waals surface area contributed by atoms with Crippen molar-refractivity contribution in [2.45, 2.75) is 6.42 Å². The Hall–Kier alpha value is -0.270. The summed E-state index contributed by atoms with van der Waals surface area (Å²) < 4.78 is 1.05. The second-order valence-corrected chi connectivity index (χ2v) is 3.80. The van der Waals surface area contributed by atoms with Gasteiger partial charge in [0.2, 0.25) is 0 Å². The van der Waals surface area contributed by atoms with E-state index in [2.05, 4.69) is 28.1 Å². The van der Waals surface area contributed by atoms with Gasteiger partial charge in [0.1, 0.15) is 0 Å². The summed E-state index contributed by atoms with van der Waals surface area (Å²) in [4.78, 5) is 0. The van der Waals surface area contributed by atoms with Crippen molar-refractivity contribution in [2.24, 2.45) is 0 Å². The second-order valence-electron chi connectivity index (χ2n) is 2.55. The van der Waals surface area contributed by atoms with Crippen molar-refractivity contribution >= 4 is 32.0 Å². The SMILES string of the molecule is ClC1=C(Br)c2ccccc2C1. The van der Waals surface area contributed by atoms with E-state index in [0.717, 1.165) is 15.9 Å². The smallest absolute Gasteiger partial charge is 0.0399 e. The van der Waals surface area contributed by atoms with Crippen LogP contribution in [0.1, 0.15) is 11.1 Å². The molecule has 0 fully saturated rings. The molecule has 1 aromatic rings. The summed E-state index contributed by atoms with van der Waals surface area (Å²) in [6, 6.07) is 8.24. The maximum atomic E-state index is 5.96. The molecular formula is C9H6BrCl. The monoisotopic (exact) mass is 228 g/mol. The number of halogens is 2. The van der Waals surface area contributed by atoms with Crippen LogP contribution in [0.2, 0.25) is 0 Å². The number of allylic oxidation sites excluding steroid dienone is 1. The first-order valence-electron chi connectivity index (χ1n) is 3.41. The Morgan fingerprint density at radius 1 is 1.27 bits per heavy atom. The molecule has 0 aromatic heterocycles. The van der Waals surface area contributed by atoms with Gasteiger partial charge in [-0.15, -0.1) is 0 Å². The Labute approximate surface area is 79.0 Å². The maximum Gasteiger partial charge on any atom is 0.0399 e. The van der Waals surface area contributed by atoms with Gasteiger partial charge in [0, 0.05) is 15.9 Å². The molecule has 0 atom stereocenters. The predicted octanol–water partition coefficient (Wildman–Crippen LogP) is 3.55. The molecule has 2 heteroatoms. The number of fused-ring (bicyclic) bond motifs is 1. The summed E-state index contributed by atoms with van der Waals surface area (Å²) in [5.41, 5.74) is 2.54. The molecule has 0 N–H and O–H groups in total. The molecule has 0 heterocycles. The minimum atomic E-state index is 0.873. The van der Waals surface area contributed by atoms with Crippen LogP contribution in [0.4, 0.5) is 0 Å². The lowest BCUT2D eigenvalue weighted by molar-refractivity contribution is 1.29. The van der Waals surface area contributed by atoms with Gasteiger partial charge in [-0.1, -0.05) is 35.9 Å². The van der Waals surface area contributed by atoms with Gasteiger partial charge in [-0.2, -0.15) is 0 Å². The molecule has 1 aliphatic carbocycles. The molecule has 0 saturated carbocycles. The fourth-order valence-electron chi connectivity index (χ4n) is 1.28. The van der Waals surface area contributed by atoms with Crippen molar-refractivity contribution in [1.82, 2.24) is 0 Å². The Kier molecular flexibility index (Phi) is 1.78. The summed E-state index contributed by atoms with van der Waals surface area (Å²) in [7, 11) is 0. The van der Waals surface area contributed by atoms with E-state index < -0.39 is 0 Å². The van der Waals surface area contributed by atoms with Gasteiger partial charge >= 0.3 is 0 Å². The highest BCUT2D eigenvalue weighted by Gasteiger charge is 2.16. The van der Waals surface area contributed by atoms with Crippen molar-refractivity contribution in [3.05, 3.63) is 40.4 Å². The van der Waals surface area contributed by atoms with Crippen LogP contribution < -0.4 is 0 Å².